The molecule has 0 bridgehead atoms. The molecule has 0 aliphatic heterocycles. The molecule has 0 amide bonds. The second kappa shape index (κ2) is 7.92. The number of fused-ring (bicyclic) bond motifs is 1. The molecule has 0 saturated heterocycles. The van der Waals surface area contributed by atoms with E-state index in [4.69, 9.17) is 9.05 Å². The van der Waals surface area contributed by atoms with Gasteiger partial charge in [0.1, 0.15) is 0 Å². The van der Waals surface area contributed by atoms with Gasteiger partial charge in [-0.1, -0.05) is 0 Å². The first-order valence-electron chi connectivity index (χ1n) is 7.94. The fourth-order valence-electron chi connectivity index (χ4n) is 2.50. The molecule has 2 aromatic rings. The van der Waals surface area contributed by atoms with Gasteiger partial charge in [-0.05, 0) is 26.7 Å². The van der Waals surface area contributed by atoms with Gasteiger partial charge in [0.25, 0.3) is 5.56 Å². The van der Waals surface area contributed by atoms with Crippen LogP contribution in [0, 0.1) is 0 Å². The summed E-state index contributed by atoms with van der Waals surface area (Å²) in [4.78, 5) is 29.9. The SMILES string of the molecule is CCOP(=O)(CCCCn1cnc2c1c(=O)[nH]c(=O)n2C)OCC. The zero-order valence-corrected chi connectivity index (χ0v) is 15.0. The Balaban J connectivity index is 2.04. The molecule has 0 aromatic carbocycles. The van der Waals surface area contributed by atoms with Gasteiger partial charge in [-0.15, -0.1) is 0 Å². The smallest absolute Gasteiger partial charge is 0.325 e. The summed E-state index contributed by atoms with van der Waals surface area (Å²) in [5.74, 6) is 0. The summed E-state index contributed by atoms with van der Waals surface area (Å²) in [5.41, 5.74) is -0.250. The number of unbranched alkanes of at least 4 members (excludes halogenated alkanes) is 1. The Morgan fingerprint density at radius 1 is 1.21 bits per heavy atom. The number of aromatic nitrogens is 4. The molecule has 10 heteroatoms. The van der Waals surface area contributed by atoms with E-state index < -0.39 is 18.8 Å². The van der Waals surface area contributed by atoms with Gasteiger partial charge >= 0.3 is 13.3 Å². The van der Waals surface area contributed by atoms with Crippen LogP contribution in [-0.4, -0.2) is 38.5 Å². The van der Waals surface area contributed by atoms with Gasteiger partial charge in [-0.3, -0.25) is 18.9 Å². The number of imidazole rings is 1. The van der Waals surface area contributed by atoms with E-state index in [1.807, 2.05) is 0 Å². The van der Waals surface area contributed by atoms with Crippen LogP contribution in [0.1, 0.15) is 26.7 Å². The zero-order valence-electron chi connectivity index (χ0n) is 14.2. The molecule has 134 valence electrons. The molecule has 24 heavy (non-hydrogen) atoms. The highest BCUT2D eigenvalue weighted by molar-refractivity contribution is 7.53. The van der Waals surface area contributed by atoms with Crippen molar-refractivity contribution in [3.8, 4) is 0 Å². The number of nitrogens with zero attached hydrogens (tertiary/aromatic N) is 3. The lowest BCUT2D eigenvalue weighted by Crippen LogP contribution is -2.29. The molecule has 0 aliphatic carbocycles. The average Bonchev–Trinajstić information content (AvgIpc) is 2.94. The molecule has 0 spiro atoms. The lowest BCUT2D eigenvalue weighted by atomic mass is 10.3. The number of rotatable bonds is 9. The van der Waals surface area contributed by atoms with Crippen molar-refractivity contribution < 1.29 is 13.6 Å². The summed E-state index contributed by atoms with van der Waals surface area (Å²) in [5, 5.41) is 0. The third-order valence-electron chi connectivity index (χ3n) is 3.61. The molecule has 0 radical (unpaired) electrons. The number of hydrogen-bond donors (Lipinski definition) is 1. The largest absolute Gasteiger partial charge is 0.330 e. The maximum Gasteiger partial charge on any atom is 0.330 e. The van der Waals surface area contributed by atoms with Crippen LogP contribution in [0.4, 0.5) is 0 Å². The van der Waals surface area contributed by atoms with Crippen molar-refractivity contribution >= 4 is 18.8 Å². The Hall–Kier alpha value is -1.70. The lowest BCUT2D eigenvalue weighted by molar-refractivity contribution is 0.219. The summed E-state index contributed by atoms with van der Waals surface area (Å²) in [6.45, 7) is 4.76. The molecule has 1 N–H and O–H groups in total. The molecule has 0 saturated carbocycles. The summed E-state index contributed by atoms with van der Waals surface area (Å²) in [6, 6.07) is 0. The van der Waals surface area contributed by atoms with Crippen molar-refractivity contribution in [1.82, 2.24) is 19.1 Å². The Kier molecular flexibility index (Phi) is 6.15. The standard InChI is InChI=1S/C14H23N4O5P/c1-4-22-24(21,23-5-2)9-7-6-8-18-10-15-12-11(18)13(19)16-14(20)17(12)3/h10H,4-9H2,1-3H3,(H,16,19,20). The predicted molar refractivity (Wildman–Crippen MR) is 90.6 cm³/mol. The van der Waals surface area contributed by atoms with Crippen molar-refractivity contribution in [2.45, 2.75) is 33.2 Å². The predicted octanol–water partition coefficient (Wildman–Crippen LogP) is 1.47. The number of aryl methyl sites for hydroxylation is 2. The minimum atomic E-state index is -3.04. The molecule has 0 unspecified atom stereocenters. The van der Waals surface area contributed by atoms with E-state index in [9.17, 15) is 14.2 Å². The van der Waals surface area contributed by atoms with Crippen molar-refractivity contribution in [3.63, 3.8) is 0 Å². The highest BCUT2D eigenvalue weighted by Gasteiger charge is 2.22. The Labute approximate surface area is 139 Å². The molecule has 0 aliphatic rings. The Morgan fingerprint density at radius 3 is 2.50 bits per heavy atom. The lowest BCUT2D eigenvalue weighted by Gasteiger charge is -2.16. The maximum atomic E-state index is 12.4. The van der Waals surface area contributed by atoms with Crippen molar-refractivity contribution in [1.29, 1.82) is 0 Å². The first-order chi connectivity index (χ1) is 11.4. The number of aromatic amines is 1. The Morgan fingerprint density at radius 2 is 1.88 bits per heavy atom. The van der Waals surface area contributed by atoms with Gasteiger partial charge < -0.3 is 13.6 Å². The number of nitrogens with one attached hydrogen (secondary N) is 1. The quantitative estimate of drug-likeness (QED) is 0.537. The molecular formula is C14H23N4O5P. The van der Waals surface area contributed by atoms with E-state index in [1.54, 1.807) is 25.5 Å². The summed E-state index contributed by atoms with van der Waals surface area (Å²) in [7, 11) is -1.48. The molecule has 2 aromatic heterocycles. The third-order valence-corrected chi connectivity index (χ3v) is 5.78. The average molecular weight is 358 g/mol. The zero-order chi connectivity index (χ0) is 17.7. The van der Waals surface area contributed by atoms with Gasteiger partial charge in [0, 0.05) is 13.6 Å². The van der Waals surface area contributed by atoms with Gasteiger partial charge in [-0.2, -0.15) is 0 Å². The topological polar surface area (TPSA) is 108 Å². The summed E-state index contributed by atoms with van der Waals surface area (Å²) < 4.78 is 25.9. The minimum Gasteiger partial charge on any atom is -0.325 e. The molecule has 2 rings (SSSR count). The van der Waals surface area contributed by atoms with E-state index in [1.165, 1.54) is 10.9 Å². The molecule has 2 heterocycles. The minimum absolute atomic E-state index is 0.330. The fraction of sp³-hybridized carbons (Fsp3) is 0.643. The van der Waals surface area contributed by atoms with Crippen molar-refractivity contribution in [2.75, 3.05) is 19.4 Å². The van der Waals surface area contributed by atoms with Crippen LogP contribution in [0.5, 0.6) is 0 Å². The first kappa shape index (κ1) is 18.6. The van der Waals surface area contributed by atoms with Crippen molar-refractivity contribution in [3.05, 3.63) is 27.2 Å². The summed E-state index contributed by atoms with van der Waals surface area (Å²) >= 11 is 0. The highest BCUT2D eigenvalue weighted by Crippen LogP contribution is 2.48. The van der Waals surface area contributed by atoms with Crippen LogP contribution in [0.15, 0.2) is 15.9 Å². The normalized spacial score (nSPS) is 12.1. The second-order valence-electron chi connectivity index (χ2n) is 5.31. The maximum absolute atomic E-state index is 12.4. The van der Waals surface area contributed by atoms with Crippen LogP contribution in [0.25, 0.3) is 11.2 Å². The van der Waals surface area contributed by atoms with Crippen LogP contribution >= 0.6 is 7.60 Å². The van der Waals surface area contributed by atoms with E-state index in [0.29, 0.717) is 49.9 Å². The van der Waals surface area contributed by atoms with E-state index in [-0.39, 0.29) is 0 Å². The molecule has 9 nitrogen and oxygen atoms in total. The van der Waals surface area contributed by atoms with Crippen LogP contribution in [0.2, 0.25) is 0 Å². The van der Waals surface area contributed by atoms with E-state index >= 15 is 0 Å². The van der Waals surface area contributed by atoms with E-state index in [2.05, 4.69) is 9.97 Å². The van der Waals surface area contributed by atoms with Gasteiger partial charge in [0.2, 0.25) is 0 Å². The second-order valence-corrected chi connectivity index (χ2v) is 7.49. The molecular weight excluding hydrogens is 335 g/mol. The monoisotopic (exact) mass is 358 g/mol. The first-order valence-corrected chi connectivity index (χ1v) is 9.67. The Bertz CT molecular complexity index is 843. The van der Waals surface area contributed by atoms with Crippen LogP contribution in [-0.2, 0) is 27.2 Å². The van der Waals surface area contributed by atoms with Crippen molar-refractivity contribution in [2.24, 2.45) is 7.05 Å². The fourth-order valence-corrected chi connectivity index (χ4v) is 4.23. The van der Waals surface area contributed by atoms with Gasteiger partial charge in [0.15, 0.2) is 11.2 Å². The third kappa shape index (κ3) is 4.03. The van der Waals surface area contributed by atoms with Crippen LogP contribution in [0.3, 0.4) is 0 Å². The van der Waals surface area contributed by atoms with Gasteiger partial charge in [0.05, 0.1) is 25.7 Å². The summed E-state index contributed by atoms with van der Waals surface area (Å²) in [6.07, 6.45) is 3.17. The number of hydrogen-bond acceptors (Lipinski definition) is 6. The van der Waals surface area contributed by atoms with E-state index in [0.717, 1.165) is 0 Å². The highest BCUT2D eigenvalue weighted by atomic mass is 31.2. The molecule has 0 atom stereocenters. The van der Waals surface area contributed by atoms with Crippen LogP contribution < -0.4 is 11.2 Å². The molecule has 0 fully saturated rings. The number of H-pyrrole nitrogens is 1. The van der Waals surface area contributed by atoms with Gasteiger partial charge in [-0.25, -0.2) is 9.78 Å².